The van der Waals surface area contributed by atoms with Gasteiger partial charge in [0.1, 0.15) is 5.75 Å². The third-order valence-electron chi connectivity index (χ3n) is 5.23. The first-order valence-corrected chi connectivity index (χ1v) is 6.84. The topological polar surface area (TPSA) is 26.3 Å². The molecule has 0 aromatic heterocycles. The molecule has 1 aromatic carbocycles. The molecule has 0 heterocycles. The van der Waals surface area contributed by atoms with Crippen molar-refractivity contribution in [3.05, 3.63) is 28.8 Å². The first kappa shape index (κ1) is 14.1. The predicted molar refractivity (Wildman–Crippen MR) is 77.9 cm³/mol. The number of rotatable bonds is 3. The highest BCUT2D eigenvalue weighted by Gasteiger charge is 2.67. The van der Waals surface area contributed by atoms with Crippen molar-refractivity contribution in [3.63, 3.8) is 0 Å². The van der Waals surface area contributed by atoms with E-state index in [0.717, 1.165) is 22.4 Å². The minimum atomic E-state index is 0.0891. The van der Waals surface area contributed by atoms with Crippen molar-refractivity contribution < 1.29 is 9.53 Å². The molecule has 2 nitrogen and oxygen atoms in total. The van der Waals surface area contributed by atoms with Crippen LogP contribution in [0.5, 0.6) is 5.75 Å². The normalized spacial score (nSPS) is 20.2. The second-order valence-corrected chi connectivity index (χ2v) is 6.88. The molecule has 0 amide bonds. The van der Waals surface area contributed by atoms with Crippen LogP contribution in [0, 0.1) is 30.6 Å². The Morgan fingerprint density at radius 2 is 1.47 bits per heavy atom. The number of carbonyl (C=O) groups is 1. The molecular formula is C17H24O2. The van der Waals surface area contributed by atoms with E-state index in [1.807, 2.05) is 26.0 Å². The second-order valence-electron chi connectivity index (χ2n) is 6.88. The lowest BCUT2D eigenvalue weighted by atomic mass is 9.97. The number of ketones is 1. The Kier molecular flexibility index (Phi) is 3.04. The number of carbonyl (C=O) groups excluding carboxylic acids is 1. The first-order chi connectivity index (χ1) is 8.64. The zero-order valence-electron chi connectivity index (χ0n) is 13.0. The second kappa shape index (κ2) is 4.09. The lowest BCUT2D eigenvalue weighted by Gasteiger charge is -2.11. The standard InChI is InChI=1S/C17H24O2/c1-10-8-12(9-11(2)14(10)19-7)13(18)15-16(3,4)17(15,5)6/h8-9,15H,1-7H3. The Labute approximate surface area is 116 Å². The van der Waals surface area contributed by atoms with E-state index in [1.165, 1.54) is 0 Å². The molecule has 0 atom stereocenters. The fourth-order valence-electron chi connectivity index (χ4n) is 3.43. The van der Waals surface area contributed by atoms with Crippen molar-refractivity contribution in [2.24, 2.45) is 16.7 Å². The number of Topliss-reactive ketones (excluding diaryl/α,β-unsaturated/α-hetero) is 1. The Hall–Kier alpha value is -1.31. The van der Waals surface area contributed by atoms with Crippen LogP contribution < -0.4 is 4.74 Å². The maximum absolute atomic E-state index is 12.7. The summed E-state index contributed by atoms with van der Waals surface area (Å²) in [5.74, 6) is 1.27. The van der Waals surface area contributed by atoms with Gasteiger partial charge in [-0.25, -0.2) is 0 Å². The van der Waals surface area contributed by atoms with Gasteiger partial charge in [-0.2, -0.15) is 0 Å². The maximum Gasteiger partial charge on any atom is 0.167 e. The molecule has 1 aromatic rings. The molecule has 0 unspecified atom stereocenters. The van der Waals surface area contributed by atoms with Gasteiger partial charge < -0.3 is 4.74 Å². The Bertz CT molecular complexity index is 501. The van der Waals surface area contributed by atoms with Crippen molar-refractivity contribution in [2.45, 2.75) is 41.5 Å². The quantitative estimate of drug-likeness (QED) is 0.762. The van der Waals surface area contributed by atoms with E-state index in [9.17, 15) is 4.79 Å². The summed E-state index contributed by atoms with van der Waals surface area (Å²) in [6, 6.07) is 3.91. The van der Waals surface area contributed by atoms with Crippen LogP contribution in [-0.2, 0) is 0 Å². The average molecular weight is 260 g/mol. The summed E-state index contributed by atoms with van der Waals surface area (Å²) in [7, 11) is 1.67. The summed E-state index contributed by atoms with van der Waals surface area (Å²) in [4.78, 5) is 12.7. The average Bonchev–Trinajstić information content (AvgIpc) is 2.68. The Morgan fingerprint density at radius 3 is 1.79 bits per heavy atom. The third kappa shape index (κ3) is 1.89. The lowest BCUT2D eigenvalue weighted by molar-refractivity contribution is 0.0945. The SMILES string of the molecule is COc1c(C)cc(C(=O)C2C(C)(C)C2(C)C)cc1C. The number of hydrogen-bond donors (Lipinski definition) is 0. The Morgan fingerprint density at radius 1 is 1.05 bits per heavy atom. The van der Waals surface area contributed by atoms with Gasteiger partial charge in [-0.1, -0.05) is 27.7 Å². The molecule has 0 spiro atoms. The van der Waals surface area contributed by atoms with Crippen LogP contribution in [-0.4, -0.2) is 12.9 Å². The molecule has 0 N–H and O–H groups in total. The van der Waals surface area contributed by atoms with E-state index in [-0.39, 0.29) is 22.5 Å². The summed E-state index contributed by atoms with van der Waals surface area (Å²) < 4.78 is 5.36. The summed E-state index contributed by atoms with van der Waals surface area (Å²) in [6.07, 6.45) is 0. The predicted octanol–water partition coefficient (Wildman–Crippen LogP) is 4.18. The summed E-state index contributed by atoms with van der Waals surface area (Å²) in [5, 5.41) is 0. The minimum Gasteiger partial charge on any atom is -0.496 e. The number of methoxy groups -OCH3 is 1. The minimum absolute atomic E-state index is 0.0891. The van der Waals surface area contributed by atoms with Gasteiger partial charge in [-0.3, -0.25) is 4.79 Å². The highest BCUT2D eigenvalue weighted by Crippen LogP contribution is 2.69. The number of benzene rings is 1. The number of ether oxygens (including phenoxy) is 1. The Balaban J connectivity index is 2.38. The fourth-order valence-corrected chi connectivity index (χ4v) is 3.43. The van der Waals surface area contributed by atoms with E-state index in [1.54, 1.807) is 7.11 Å². The van der Waals surface area contributed by atoms with Crippen molar-refractivity contribution in [1.82, 2.24) is 0 Å². The van der Waals surface area contributed by atoms with Crippen LogP contribution in [0.25, 0.3) is 0 Å². The molecule has 0 aliphatic heterocycles. The van der Waals surface area contributed by atoms with Crippen LogP contribution in [0.4, 0.5) is 0 Å². The smallest absolute Gasteiger partial charge is 0.167 e. The van der Waals surface area contributed by atoms with Crippen molar-refractivity contribution in [2.75, 3.05) is 7.11 Å². The van der Waals surface area contributed by atoms with Gasteiger partial charge in [-0.15, -0.1) is 0 Å². The van der Waals surface area contributed by atoms with Gasteiger partial charge in [0, 0.05) is 11.5 Å². The summed E-state index contributed by atoms with van der Waals surface area (Å²) in [6.45, 7) is 12.7. The van der Waals surface area contributed by atoms with E-state index < -0.39 is 0 Å². The highest BCUT2D eigenvalue weighted by molar-refractivity contribution is 6.01. The molecule has 1 fully saturated rings. The molecular weight excluding hydrogens is 236 g/mol. The van der Waals surface area contributed by atoms with Gasteiger partial charge in [0.15, 0.2) is 5.78 Å². The van der Waals surface area contributed by atoms with Crippen LogP contribution in [0.15, 0.2) is 12.1 Å². The van der Waals surface area contributed by atoms with Crippen LogP contribution in [0.2, 0.25) is 0 Å². The van der Waals surface area contributed by atoms with E-state index >= 15 is 0 Å². The molecule has 1 aliphatic carbocycles. The highest BCUT2D eigenvalue weighted by atomic mass is 16.5. The molecule has 104 valence electrons. The molecule has 0 radical (unpaired) electrons. The van der Waals surface area contributed by atoms with Crippen LogP contribution in [0.1, 0.15) is 49.2 Å². The van der Waals surface area contributed by atoms with Gasteiger partial charge in [-0.05, 0) is 47.9 Å². The van der Waals surface area contributed by atoms with Gasteiger partial charge >= 0.3 is 0 Å². The molecule has 0 bridgehead atoms. The van der Waals surface area contributed by atoms with Gasteiger partial charge in [0.25, 0.3) is 0 Å². The number of hydrogen-bond acceptors (Lipinski definition) is 2. The zero-order chi connectivity index (χ0) is 14.6. The van der Waals surface area contributed by atoms with Crippen LogP contribution >= 0.6 is 0 Å². The fraction of sp³-hybridized carbons (Fsp3) is 0.588. The third-order valence-corrected chi connectivity index (χ3v) is 5.23. The van der Waals surface area contributed by atoms with Gasteiger partial charge in [0.05, 0.1) is 7.11 Å². The monoisotopic (exact) mass is 260 g/mol. The van der Waals surface area contributed by atoms with E-state index in [4.69, 9.17) is 4.74 Å². The largest absolute Gasteiger partial charge is 0.496 e. The lowest BCUT2D eigenvalue weighted by Crippen LogP contribution is -2.08. The zero-order valence-corrected chi connectivity index (χ0v) is 13.0. The number of aryl methyl sites for hydroxylation is 2. The van der Waals surface area contributed by atoms with Crippen molar-refractivity contribution >= 4 is 5.78 Å². The molecule has 1 aliphatic rings. The van der Waals surface area contributed by atoms with E-state index in [2.05, 4.69) is 27.7 Å². The van der Waals surface area contributed by atoms with Gasteiger partial charge in [0.2, 0.25) is 0 Å². The molecule has 0 saturated heterocycles. The molecule has 2 rings (SSSR count). The molecule has 2 heteroatoms. The van der Waals surface area contributed by atoms with Crippen molar-refractivity contribution in [3.8, 4) is 5.75 Å². The molecule has 1 saturated carbocycles. The summed E-state index contributed by atoms with van der Waals surface area (Å²) in [5.41, 5.74) is 3.06. The molecule has 19 heavy (non-hydrogen) atoms. The summed E-state index contributed by atoms with van der Waals surface area (Å²) >= 11 is 0. The van der Waals surface area contributed by atoms with E-state index in [0.29, 0.717) is 0 Å². The van der Waals surface area contributed by atoms with Crippen LogP contribution in [0.3, 0.4) is 0 Å². The van der Waals surface area contributed by atoms with Crippen molar-refractivity contribution in [1.29, 1.82) is 0 Å². The maximum atomic E-state index is 12.7. The first-order valence-electron chi connectivity index (χ1n) is 6.84.